The topological polar surface area (TPSA) is 54.4 Å². The third kappa shape index (κ3) is 1.12. The van der Waals surface area contributed by atoms with Crippen LogP contribution in [0.1, 0.15) is 24.5 Å². The molecule has 3 nitrogen and oxygen atoms in total. The van der Waals surface area contributed by atoms with E-state index in [1.54, 1.807) is 19.1 Å². The summed E-state index contributed by atoms with van der Waals surface area (Å²) in [6.45, 7) is 1.74. The van der Waals surface area contributed by atoms with Gasteiger partial charge in [0.25, 0.3) is 0 Å². The van der Waals surface area contributed by atoms with Crippen LogP contribution in [0.5, 0.6) is 0 Å². The molecule has 1 aliphatic rings. The zero-order valence-electron chi connectivity index (χ0n) is 8.49. The van der Waals surface area contributed by atoms with Gasteiger partial charge in [0, 0.05) is 6.42 Å². The molecule has 0 saturated carbocycles. The summed E-state index contributed by atoms with van der Waals surface area (Å²) in [5, 5.41) is 9.26. The van der Waals surface area contributed by atoms with Gasteiger partial charge in [-0.1, -0.05) is 31.2 Å². The molecule has 3 heteroatoms. The molecule has 1 aromatic carbocycles. The number of carboxylic acids is 1. The van der Waals surface area contributed by atoms with Crippen molar-refractivity contribution in [1.29, 1.82) is 0 Å². The second kappa shape index (κ2) is 3.19. The van der Waals surface area contributed by atoms with Crippen LogP contribution in [-0.2, 0) is 21.4 Å². The molecule has 78 valence electrons. The molecule has 0 amide bonds. The Kier molecular flexibility index (Phi) is 2.11. The van der Waals surface area contributed by atoms with Gasteiger partial charge in [0.15, 0.2) is 11.2 Å². The Labute approximate surface area is 87.7 Å². The summed E-state index contributed by atoms with van der Waals surface area (Å²) >= 11 is 0. The van der Waals surface area contributed by atoms with Gasteiger partial charge in [-0.05, 0) is 17.5 Å². The van der Waals surface area contributed by atoms with Crippen LogP contribution < -0.4 is 0 Å². The third-order valence-electron chi connectivity index (χ3n) is 3.20. The van der Waals surface area contributed by atoms with E-state index in [1.807, 2.05) is 12.1 Å². The number of aliphatic carboxylic acids is 1. The van der Waals surface area contributed by atoms with Crippen LogP contribution >= 0.6 is 0 Å². The first-order valence-electron chi connectivity index (χ1n) is 4.98. The normalized spacial score (nSPS) is 23.9. The van der Waals surface area contributed by atoms with Gasteiger partial charge < -0.3 is 5.11 Å². The zero-order chi connectivity index (χ0) is 11.1. The van der Waals surface area contributed by atoms with Crippen molar-refractivity contribution in [3.63, 3.8) is 0 Å². The Morgan fingerprint density at radius 1 is 1.47 bits per heavy atom. The van der Waals surface area contributed by atoms with E-state index in [4.69, 9.17) is 0 Å². The number of carbonyl (C=O) groups excluding carboxylic acids is 1. The highest BCUT2D eigenvalue weighted by Gasteiger charge is 2.50. The number of ketones is 1. The van der Waals surface area contributed by atoms with Crippen molar-refractivity contribution in [3.05, 3.63) is 35.4 Å². The monoisotopic (exact) mass is 204 g/mol. The van der Waals surface area contributed by atoms with Crippen LogP contribution in [-0.4, -0.2) is 16.9 Å². The van der Waals surface area contributed by atoms with E-state index in [-0.39, 0.29) is 12.2 Å². The maximum atomic E-state index is 11.8. The highest BCUT2D eigenvalue weighted by atomic mass is 16.4. The molecule has 0 fully saturated rings. The minimum Gasteiger partial charge on any atom is -0.480 e. The first-order valence-corrected chi connectivity index (χ1v) is 4.98. The van der Waals surface area contributed by atoms with Crippen molar-refractivity contribution in [2.24, 2.45) is 0 Å². The fraction of sp³-hybridized carbons (Fsp3) is 0.333. The number of hydrogen-bond acceptors (Lipinski definition) is 2. The maximum absolute atomic E-state index is 11.8. The molecule has 0 aromatic heterocycles. The number of benzene rings is 1. The molecule has 2 rings (SSSR count). The molecule has 0 saturated heterocycles. The number of hydrogen-bond donors (Lipinski definition) is 1. The zero-order valence-corrected chi connectivity index (χ0v) is 8.49. The Balaban J connectivity index is 2.67. The minimum atomic E-state index is -1.30. The molecular formula is C12H12O3. The number of Topliss-reactive ketones (excluding diaryl/α,β-unsaturated/α-hetero) is 1. The average molecular weight is 204 g/mol. The van der Waals surface area contributed by atoms with Crippen LogP contribution in [0.25, 0.3) is 0 Å². The molecule has 1 N–H and O–H groups in total. The molecule has 15 heavy (non-hydrogen) atoms. The first-order chi connectivity index (χ1) is 7.13. The maximum Gasteiger partial charge on any atom is 0.321 e. The molecule has 1 aliphatic carbocycles. The largest absolute Gasteiger partial charge is 0.480 e. The Morgan fingerprint density at radius 3 is 2.73 bits per heavy atom. The van der Waals surface area contributed by atoms with Crippen molar-refractivity contribution in [3.8, 4) is 0 Å². The summed E-state index contributed by atoms with van der Waals surface area (Å²) in [6.07, 6.45) is 0.564. The van der Waals surface area contributed by atoms with E-state index in [0.29, 0.717) is 12.0 Å². The highest BCUT2D eigenvalue weighted by Crippen LogP contribution is 2.38. The van der Waals surface area contributed by atoms with Crippen molar-refractivity contribution in [2.45, 2.75) is 25.2 Å². The van der Waals surface area contributed by atoms with Crippen LogP contribution in [0, 0.1) is 0 Å². The molecule has 1 unspecified atom stereocenters. The van der Waals surface area contributed by atoms with E-state index >= 15 is 0 Å². The first kappa shape index (κ1) is 9.90. The number of rotatable bonds is 2. The molecule has 1 atom stereocenters. The second-order valence-corrected chi connectivity index (χ2v) is 3.82. The number of carbonyl (C=O) groups is 2. The highest BCUT2D eigenvalue weighted by molar-refractivity contribution is 6.12. The van der Waals surface area contributed by atoms with Crippen LogP contribution in [0.15, 0.2) is 24.3 Å². The quantitative estimate of drug-likeness (QED) is 0.743. The second-order valence-electron chi connectivity index (χ2n) is 3.82. The van der Waals surface area contributed by atoms with E-state index < -0.39 is 11.4 Å². The molecule has 0 heterocycles. The van der Waals surface area contributed by atoms with Crippen LogP contribution in [0.4, 0.5) is 0 Å². The molecule has 0 aliphatic heterocycles. The van der Waals surface area contributed by atoms with Gasteiger partial charge >= 0.3 is 5.97 Å². The molecule has 0 spiro atoms. The molecular weight excluding hydrogens is 192 g/mol. The Hall–Kier alpha value is -1.64. The fourth-order valence-corrected chi connectivity index (χ4v) is 2.34. The van der Waals surface area contributed by atoms with Gasteiger partial charge in [-0.15, -0.1) is 0 Å². The van der Waals surface area contributed by atoms with E-state index in [0.717, 1.165) is 5.56 Å². The SMILES string of the molecule is CCC1(C(=O)O)C(=O)Cc2ccccc21. The van der Waals surface area contributed by atoms with Crippen molar-refractivity contribution >= 4 is 11.8 Å². The smallest absolute Gasteiger partial charge is 0.321 e. The lowest BCUT2D eigenvalue weighted by molar-refractivity contribution is -0.148. The van der Waals surface area contributed by atoms with Gasteiger partial charge in [0.05, 0.1) is 0 Å². The fourth-order valence-electron chi connectivity index (χ4n) is 2.34. The van der Waals surface area contributed by atoms with E-state index in [9.17, 15) is 14.7 Å². The summed E-state index contributed by atoms with van der Waals surface area (Å²) in [4.78, 5) is 23.2. The summed E-state index contributed by atoms with van der Waals surface area (Å²) in [5.41, 5.74) is 0.230. The number of carboxylic acid groups (broad SMARTS) is 1. The van der Waals surface area contributed by atoms with Gasteiger partial charge in [0.1, 0.15) is 0 Å². The lowest BCUT2D eigenvalue weighted by Gasteiger charge is -2.21. The average Bonchev–Trinajstić information content (AvgIpc) is 2.50. The van der Waals surface area contributed by atoms with Crippen LogP contribution in [0.2, 0.25) is 0 Å². The Morgan fingerprint density at radius 2 is 2.13 bits per heavy atom. The van der Waals surface area contributed by atoms with E-state index in [1.165, 1.54) is 0 Å². The van der Waals surface area contributed by atoms with Gasteiger partial charge in [-0.3, -0.25) is 9.59 Å². The predicted molar refractivity (Wildman–Crippen MR) is 54.8 cm³/mol. The van der Waals surface area contributed by atoms with Crippen molar-refractivity contribution in [1.82, 2.24) is 0 Å². The summed E-state index contributed by atoms with van der Waals surface area (Å²) in [7, 11) is 0. The summed E-state index contributed by atoms with van der Waals surface area (Å²) < 4.78 is 0. The summed E-state index contributed by atoms with van der Waals surface area (Å²) in [6, 6.07) is 7.19. The van der Waals surface area contributed by atoms with Gasteiger partial charge in [-0.25, -0.2) is 0 Å². The van der Waals surface area contributed by atoms with Crippen molar-refractivity contribution in [2.75, 3.05) is 0 Å². The standard InChI is InChI=1S/C12H12O3/c1-2-12(11(14)15)9-6-4-3-5-8(9)7-10(12)13/h3-6H,2,7H2,1H3,(H,14,15). The van der Waals surface area contributed by atoms with Gasteiger partial charge in [0.2, 0.25) is 0 Å². The van der Waals surface area contributed by atoms with E-state index in [2.05, 4.69) is 0 Å². The number of fused-ring (bicyclic) bond motifs is 1. The summed E-state index contributed by atoms with van der Waals surface area (Å²) in [5.74, 6) is -1.22. The lowest BCUT2D eigenvalue weighted by atomic mass is 9.79. The third-order valence-corrected chi connectivity index (χ3v) is 3.20. The predicted octanol–water partition coefficient (Wildman–Crippen LogP) is 1.54. The Bertz CT molecular complexity index is 436. The van der Waals surface area contributed by atoms with Gasteiger partial charge in [-0.2, -0.15) is 0 Å². The minimum absolute atomic E-state index is 0.196. The lowest BCUT2D eigenvalue weighted by Crippen LogP contribution is -2.40. The van der Waals surface area contributed by atoms with Crippen molar-refractivity contribution < 1.29 is 14.7 Å². The molecule has 0 bridgehead atoms. The molecule has 1 aromatic rings. The van der Waals surface area contributed by atoms with Crippen LogP contribution in [0.3, 0.4) is 0 Å². The molecule has 0 radical (unpaired) electrons.